The Bertz CT molecular complexity index is 488. The fourth-order valence-corrected chi connectivity index (χ4v) is 2.71. The maximum Gasteiger partial charge on any atom is 0.332 e. The molecule has 2 atom stereocenters. The number of aromatic nitrogens is 1. The van der Waals surface area contributed by atoms with Crippen molar-refractivity contribution >= 4 is 17.6 Å². The van der Waals surface area contributed by atoms with E-state index in [4.69, 9.17) is 0 Å². The van der Waals surface area contributed by atoms with Gasteiger partial charge in [-0.2, -0.15) is 0 Å². The molecule has 0 radical (unpaired) electrons. The lowest BCUT2D eigenvalue weighted by atomic mass is 9.93. The van der Waals surface area contributed by atoms with Gasteiger partial charge in [0.1, 0.15) is 6.04 Å². The smallest absolute Gasteiger partial charge is 0.312 e. The molecular formula is C13H15N3O2. The number of pyridine rings is 1. The Labute approximate surface area is 105 Å². The molecule has 5 nitrogen and oxygen atoms in total. The molecule has 2 aliphatic heterocycles. The van der Waals surface area contributed by atoms with Crippen LogP contribution in [0.15, 0.2) is 24.5 Å². The monoisotopic (exact) mass is 245 g/mol. The summed E-state index contributed by atoms with van der Waals surface area (Å²) in [7, 11) is 0. The van der Waals surface area contributed by atoms with Crippen molar-refractivity contribution < 1.29 is 9.59 Å². The van der Waals surface area contributed by atoms with Crippen LogP contribution >= 0.6 is 0 Å². The van der Waals surface area contributed by atoms with Gasteiger partial charge < -0.3 is 4.90 Å². The predicted octanol–water partition coefficient (Wildman–Crippen LogP) is 1.65. The molecule has 0 unspecified atom stereocenters. The van der Waals surface area contributed by atoms with Crippen LogP contribution < -0.4 is 4.90 Å². The summed E-state index contributed by atoms with van der Waals surface area (Å²) < 4.78 is 0. The molecule has 2 saturated heterocycles. The van der Waals surface area contributed by atoms with Crippen molar-refractivity contribution in [1.29, 1.82) is 0 Å². The molecule has 3 amide bonds. The van der Waals surface area contributed by atoms with Gasteiger partial charge in [-0.15, -0.1) is 0 Å². The van der Waals surface area contributed by atoms with Crippen molar-refractivity contribution in [3.63, 3.8) is 0 Å². The van der Waals surface area contributed by atoms with Gasteiger partial charge in [-0.1, -0.05) is 6.92 Å². The van der Waals surface area contributed by atoms with Crippen molar-refractivity contribution in [2.45, 2.75) is 25.8 Å². The summed E-state index contributed by atoms with van der Waals surface area (Å²) in [6.45, 7) is 2.81. The minimum atomic E-state index is -0.269. The van der Waals surface area contributed by atoms with Crippen LogP contribution in [0.2, 0.25) is 0 Å². The number of piperidine rings is 1. The van der Waals surface area contributed by atoms with Gasteiger partial charge in [0.2, 0.25) is 0 Å². The average molecular weight is 245 g/mol. The van der Waals surface area contributed by atoms with E-state index in [0.717, 1.165) is 12.8 Å². The Morgan fingerprint density at radius 3 is 2.72 bits per heavy atom. The third-order valence-corrected chi connectivity index (χ3v) is 3.73. The Kier molecular flexibility index (Phi) is 2.54. The number of anilines is 1. The zero-order valence-electron chi connectivity index (χ0n) is 10.2. The molecule has 0 spiro atoms. The molecule has 94 valence electrons. The van der Waals surface area contributed by atoms with Gasteiger partial charge in [-0.3, -0.25) is 9.78 Å². The van der Waals surface area contributed by atoms with Crippen molar-refractivity contribution in [1.82, 2.24) is 9.88 Å². The lowest BCUT2D eigenvalue weighted by molar-refractivity contribution is -0.120. The average Bonchev–Trinajstić information content (AvgIpc) is 2.63. The highest BCUT2D eigenvalue weighted by Crippen LogP contribution is 2.32. The summed E-state index contributed by atoms with van der Waals surface area (Å²) in [5, 5.41) is 0. The SMILES string of the molecule is C[C@H]1CCN2C(=O)N(c3ccncc3)C(=O)[C@H]2C1. The molecule has 18 heavy (non-hydrogen) atoms. The second-order valence-electron chi connectivity index (χ2n) is 5.00. The molecular weight excluding hydrogens is 230 g/mol. The number of hydrogen-bond acceptors (Lipinski definition) is 3. The highest BCUT2D eigenvalue weighted by Gasteiger charge is 2.47. The molecule has 0 aliphatic carbocycles. The maximum atomic E-state index is 12.3. The van der Waals surface area contributed by atoms with Crippen molar-refractivity contribution in [2.75, 3.05) is 11.4 Å². The lowest BCUT2D eigenvalue weighted by Gasteiger charge is -2.30. The topological polar surface area (TPSA) is 53.5 Å². The van der Waals surface area contributed by atoms with E-state index >= 15 is 0 Å². The molecule has 3 rings (SSSR count). The van der Waals surface area contributed by atoms with Gasteiger partial charge in [0.15, 0.2) is 0 Å². The van der Waals surface area contributed by atoms with Gasteiger partial charge in [0.05, 0.1) is 5.69 Å². The van der Waals surface area contributed by atoms with E-state index in [1.54, 1.807) is 29.4 Å². The number of fused-ring (bicyclic) bond motifs is 1. The van der Waals surface area contributed by atoms with Gasteiger partial charge >= 0.3 is 6.03 Å². The number of rotatable bonds is 1. The Hall–Kier alpha value is -1.91. The fraction of sp³-hybridized carbons (Fsp3) is 0.462. The van der Waals surface area contributed by atoms with Crippen LogP contribution in [0.4, 0.5) is 10.5 Å². The molecule has 1 aromatic heterocycles. The number of imide groups is 1. The molecule has 2 fully saturated rings. The van der Waals surface area contributed by atoms with E-state index < -0.39 is 0 Å². The van der Waals surface area contributed by atoms with Crippen molar-refractivity contribution in [3.8, 4) is 0 Å². The normalized spacial score (nSPS) is 27.6. The van der Waals surface area contributed by atoms with Crippen LogP contribution in [0.25, 0.3) is 0 Å². The Morgan fingerprint density at radius 1 is 1.28 bits per heavy atom. The van der Waals surface area contributed by atoms with E-state index in [1.807, 2.05) is 0 Å². The maximum absolute atomic E-state index is 12.3. The van der Waals surface area contributed by atoms with E-state index in [2.05, 4.69) is 11.9 Å². The lowest BCUT2D eigenvalue weighted by Crippen LogP contribution is -2.41. The van der Waals surface area contributed by atoms with Crippen LogP contribution in [-0.2, 0) is 4.79 Å². The van der Waals surface area contributed by atoms with Crippen LogP contribution in [0.3, 0.4) is 0 Å². The molecule has 0 aromatic carbocycles. The number of nitrogens with zero attached hydrogens (tertiary/aromatic N) is 3. The number of hydrogen-bond donors (Lipinski definition) is 0. The molecule has 0 bridgehead atoms. The van der Waals surface area contributed by atoms with Gasteiger partial charge in [0, 0.05) is 18.9 Å². The molecule has 3 heterocycles. The van der Waals surface area contributed by atoms with E-state index in [9.17, 15) is 9.59 Å². The fourth-order valence-electron chi connectivity index (χ4n) is 2.71. The third-order valence-electron chi connectivity index (χ3n) is 3.73. The standard InChI is InChI=1S/C13H15N3O2/c1-9-4-7-15-11(8-9)12(17)16(13(15)18)10-2-5-14-6-3-10/h2-3,5-6,9,11H,4,7-8H2,1H3/t9-,11+/m0/s1. The number of amides is 3. The van der Waals surface area contributed by atoms with Gasteiger partial charge in [-0.05, 0) is 30.9 Å². The number of urea groups is 1. The summed E-state index contributed by atoms with van der Waals surface area (Å²) in [5.74, 6) is 0.401. The summed E-state index contributed by atoms with van der Waals surface area (Å²) in [6.07, 6.45) is 4.93. The van der Waals surface area contributed by atoms with Crippen LogP contribution in [0.5, 0.6) is 0 Å². The van der Waals surface area contributed by atoms with Crippen LogP contribution in [0.1, 0.15) is 19.8 Å². The molecule has 5 heteroatoms. The second-order valence-corrected chi connectivity index (χ2v) is 5.00. The second kappa shape index (κ2) is 4.08. The molecule has 1 aromatic rings. The summed E-state index contributed by atoms with van der Waals surface area (Å²) in [5.41, 5.74) is 0.613. The van der Waals surface area contributed by atoms with Gasteiger partial charge in [-0.25, -0.2) is 9.69 Å². The first-order chi connectivity index (χ1) is 8.68. The number of carbonyl (C=O) groups is 2. The quantitative estimate of drug-likeness (QED) is 0.707. The third kappa shape index (κ3) is 1.58. The minimum absolute atomic E-state index is 0.0993. The Balaban J connectivity index is 1.94. The molecule has 0 N–H and O–H groups in total. The highest BCUT2D eigenvalue weighted by molar-refractivity contribution is 6.21. The zero-order valence-corrected chi connectivity index (χ0v) is 10.2. The van der Waals surface area contributed by atoms with E-state index in [-0.39, 0.29) is 18.0 Å². The number of carbonyl (C=O) groups excluding carboxylic acids is 2. The first-order valence-electron chi connectivity index (χ1n) is 6.23. The first kappa shape index (κ1) is 11.2. The largest absolute Gasteiger partial charge is 0.332 e. The van der Waals surface area contributed by atoms with E-state index in [0.29, 0.717) is 18.2 Å². The summed E-state index contributed by atoms with van der Waals surface area (Å²) in [4.78, 5) is 31.5. The highest BCUT2D eigenvalue weighted by atomic mass is 16.2. The summed E-state index contributed by atoms with van der Waals surface area (Å²) >= 11 is 0. The van der Waals surface area contributed by atoms with Crippen LogP contribution in [-0.4, -0.2) is 34.4 Å². The first-order valence-corrected chi connectivity index (χ1v) is 6.23. The van der Waals surface area contributed by atoms with Crippen molar-refractivity contribution in [3.05, 3.63) is 24.5 Å². The summed E-state index contributed by atoms with van der Waals surface area (Å²) in [6, 6.07) is 2.92. The minimum Gasteiger partial charge on any atom is -0.312 e. The molecule has 2 aliphatic rings. The Morgan fingerprint density at radius 2 is 2.00 bits per heavy atom. The zero-order chi connectivity index (χ0) is 12.7. The van der Waals surface area contributed by atoms with E-state index in [1.165, 1.54) is 4.90 Å². The van der Waals surface area contributed by atoms with Crippen molar-refractivity contribution in [2.24, 2.45) is 5.92 Å². The van der Waals surface area contributed by atoms with Crippen LogP contribution in [0, 0.1) is 5.92 Å². The molecule has 0 saturated carbocycles. The van der Waals surface area contributed by atoms with Gasteiger partial charge in [0.25, 0.3) is 5.91 Å². The predicted molar refractivity (Wildman–Crippen MR) is 66.0 cm³/mol.